The zero-order chi connectivity index (χ0) is 13.3. The van der Waals surface area contributed by atoms with E-state index in [-0.39, 0.29) is 70.3 Å². The first-order valence-electron chi connectivity index (χ1n) is 8.52. The Kier molecular flexibility index (Phi) is 26.8. The molecule has 1 heteroatoms. The Hall–Kier alpha value is 1.79. The Morgan fingerprint density at radius 3 is 1.26 bits per heavy atom. The summed E-state index contributed by atoms with van der Waals surface area (Å²) in [6, 6.07) is 0. The van der Waals surface area contributed by atoms with Crippen molar-refractivity contribution in [2.45, 2.75) is 103 Å². The van der Waals surface area contributed by atoms with Crippen LogP contribution >= 0.6 is 0 Å². The molecule has 0 N–H and O–H groups in total. The van der Waals surface area contributed by atoms with Crippen LogP contribution in [-0.2, 0) is 0 Å². The molecule has 0 aliphatic rings. The van der Waals surface area contributed by atoms with Crippen LogP contribution in [0.3, 0.4) is 0 Å². The fraction of sp³-hybridized carbons (Fsp3) is 0.889. The van der Waals surface area contributed by atoms with Crippen molar-refractivity contribution in [2.75, 3.05) is 0 Å². The molecule has 0 saturated heterocycles. The summed E-state index contributed by atoms with van der Waals surface area (Å²) in [4.78, 5) is 0. The van der Waals surface area contributed by atoms with Crippen LogP contribution in [0.15, 0.2) is 12.7 Å². The molecule has 0 aromatic rings. The molecule has 0 amide bonds. The SMILES string of the molecule is C=CCCCCCCCCCCCCCCCC.[Cs+].[H-]. The maximum atomic E-state index is 3.76. The van der Waals surface area contributed by atoms with E-state index in [0.717, 1.165) is 0 Å². The number of allylic oxidation sites excluding steroid dienone is 1. The van der Waals surface area contributed by atoms with E-state index in [1.807, 2.05) is 6.08 Å². The quantitative estimate of drug-likeness (QED) is 0.293. The summed E-state index contributed by atoms with van der Waals surface area (Å²) in [5.41, 5.74) is 0. The van der Waals surface area contributed by atoms with Gasteiger partial charge >= 0.3 is 68.9 Å². The Balaban J connectivity index is -0.00000144. The molecule has 0 spiro atoms. The molecule has 19 heavy (non-hydrogen) atoms. The molecule has 110 valence electrons. The van der Waals surface area contributed by atoms with Crippen LogP contribution in [0, 0.1) is 0 Å². The van der Waals surface area contributed by atoms with E-state index in [9.17, 15) is 0 Å². The summed E-state index contributed by atoms with van der Waals surface area (Å²) in [6.07, 6.45) is 23.5. The third-order valence-corrected chi connectivity index (χ3v) is 3.76. The third-order valence-electron chi connectivity index (χ3n) is 3.76. The molecule has 0 fully saturated rings. The van der Waals surface area contributed by atoms with E-state index in [0.29, 0.717) is 0 Å². The van der Waals surface area contributed by atoms with Crippen LogP contribution in [0.1, 0.15) is 105 Å². The minimum atomic E-state index is 0. The predicted molar refractivity (Wildman–Crippen MR) is 86.2 cm³/mol. The zero-order valence-electron chi connectivity index (χ0n) is 14.9. The fourth-order valence-corrected chi connectivity index (χ4v) is 2.48. The molecule has 0 aromatic carbocycles. The summed E-state index contributed by atoms with van der Waals surface area (Å²) < 4.78 is 0. The van der Waals surface area contributed by atoms with E-state index in [1.165, 1.54) is 96.3 Å². The normalized spacial score (nSPS) is 10.2. The van der Waals surface area contributed by atoms with E-state index < -0.39 is 0 Å². The van der Waals surface area contributed by atoms with Crippen LogP contribution in [-0.4, -0.2) is 0 Å². The predicted octanol–water partition coefficient (Wildman–Crippen LogP) is 4.16. The summed E-state index contributed by atoms with van der Waals surface area (Å²) >= 11 is 0. The molecule has 0 rings (SSSR count). The van der Waals surface area contributed by atoms with Gasteiger partial charge in [-0.2, -0.15) is 0 Å². The van der Waals surface area contributed by atoms with Crippen molar-refractivity contribution in [1.29, 1.82) is 0 Å². The minimum absolute atomic E-state index is 0. The topological polar surface area (TPSA) is 0 Å². The van der Waals surface area contributed by atoms with Gasteiger partial charge in [0.25, 0.3) is 0 Å². The van der Waals surface area contributed by atoms with Gasteiger partial charge < -0.3 is 1.43 Å². The molecule has 0 aliphatic heterocycles. The number of hydrogen-bond donors (Lipinski definition) is 0. The van der Waals surface area contributed by atoms with Crippen LogP contribution in [0.5, 0.6) is 0 Å². The molecule has 0 heterocycles. The van der Waals surface area contributed by atoms with Gasteiger partial charge in [0, 0.05) is 0 Å². The second kappa shape index (κ2) is 22.1. The Labute approximate surface area is 183 Å². The van der Waals surface area contributed by atoms with Gasteiger partial charge in [-0.05, 0) is 12.8 Å². The van der Waals surface area contributed by atoms with Gasteiger partial charge in [0.05, 0.1) is 0 Å². The summed E-state index contributed by atoms with van der Waals surface area (Å²) in [6.45, 7) is 6.05. The van der Waals surface area contributed by atoms with E-state index in [4.69, 9.17) is 0 Å². The zero-order valence-corrected chi connectivity index (χ0v) is 20.2. The van der Waals surface area contributed by atoms with Crippen LogP contribution < -0.4 is 68.9 Å². The minimum Gasteiger partial charge on any atom is -1.00 e. The smallest absolute Gasteiger partial charge is 1.00 e. The summed E-state index contributed by atoms with van der Waals surface area (Å²) in [5, 5.41) is 0. The average Bonchev–Trinajstić information content (AvgIpc) is 2.39. The summed E-state index contributed by atoms with van der Waals surface area (Å²) in [5.74, 6) is 0. The van der Waals surface area contributed by atoms with Crippen molar-refractivity contribution in [3.8, 4) is 0 Å². The number of rotatable bonds is 15. The summed E-state index contributed by atoms with van der Waals surface area (Å²) in [7, 11) is 0. The van der Waals surface area contributed by atoms with Gasteiger partial charge in [0.1, 0.15) is 0 Å². The van der Waals surface area contributed by atoms with Crippen molar-refractivity contribution in [1.82, 2.24) is 0 Å². The Morgan fingerprint density at radius 2 is 0.947 bits per heavy atom. The van der Waals surface area contributed by atoms with Crippen molar-refractivity contribution in [3.05, 3.63) is 12.7 Å². The molecule has 0 radical (unpaired) electrons. The first kappa shape index (κ1) is 23.1. The second-order valence-electron chi connectivity index (χ2n) is 5.67. The standard InChI is InChI=1S/C18H36.Cs.H/c1-3-5-7-9-11-13-15-17-18-16-14-12-10-8-6-4-2;;/h3H,1,4-18H2,2H3;;/q;+1;-1. The third kappa shape index (κ3) is 22.2. The molecular formula is C18H37Cs. The van der Waals surface area contributed by atoms with Crippen molar-refractivity contribution in [3.63, 3.8) is 0 Å². The fourth-order valence-electron chi connectivity index (χ4n) is 2.48. The first-order valence-corrected chi connectivity index (χ1v) is 8.52. The Morgan fingerprint density at radius 1 is 0.632 bits per heavy atom. The molecule has 0 atom stereocenters. The largest absolute Gasteiger partial charge is 1.00 e. The van der Waals surface area contributed by atoms with Crippen molar-refractivity contribution < 1.29 is 70.3 Å². The van der Waals surface area contributed by atoms with Crippen LogP contribution in [0.25, 0.3) is 0 Å². The second-order valence-corrected chi connectivity index (χ2v) is 5.67. The van der Waals surface area contributed by atoms with E-state index >= 15 is 0 Å². The van der Waals surface area contributed by atoms with Gasteiger partial charge in [-0.15, -0.1) is 6.58 Å². The average molecular weight is 386 g/mol. The molecule has 0 unspecified atom stereocenters. The molecule has 0 nitrogen and oxygen atoms in total. The van der Waals surface area contributed by atoms with Crippen LogP contribution in [0.4, 0.5) is 0 Å². The molecule has 0 bridgehead atoms. The molecular weight excluding hydrogens is 349 g/mol. The molecule has 0 saturated carbocycles. The van der Waals surface area contributed by atoms with E-state index in [2.05, 4.69) is 13.5 Å². The Bertz CT molecular complexity index is 159. The van der Waals surface area contributed by atoms with E-state index in [1.54, 1.807) is 0 Å². The van der Waals surface area contributed by atoms with Gasteiger partial charge in [-0.1, -0.05) is 96.5 Å². The maximum Gasteiger partial charge on any atom is 1.00 e. The van der Waals surface area contributed by atoms with Crippen molar-refractivity contribution >= 4 is 0 Å². The van der Waals surface area contributed by atoms with Gasteiger partial charge in [0.2, 0.25) is 0 Å². The van der Waals surface area contributed by atoms with Gasteiger partial charge in [0.15, 0.2) is 0 Å². The molecule has 0 aliphatic carbocycles. The monoisotopic (exact) mass is 386 g/mol. The number of hydrogen-bond acceptors (Lipinski definition) is 0. The van der Waals surface area contributed by atoms with Gasteiger partial charge in [-0.25, -0.2) is 0 Å². The van der Waals surface area contributed by atoms with Crippen LogP contribution in [0.2, 0.25) is 0 Å². The van der Waals surface area contributed by atoms with Gasteiger partial charge in [-0.3, -0.25) is 0 Å². The first-order chi connectivity index (χ1) is 8.91. The number of unbranched alkanes of at least 4 members (excludes halogenated alkanes) is 14. The maximum absolute atomic E-state index is 3.76. The molecule has 0 aromatic heterocycles. The van der Waals surface area contributed by atoms with Crippen molar-refractivity contribution in [2.24, 2.45) is 0 Å².